The van der Waals surface area contributed by atoms with Crippen LogP contribution in [0.15, 0.2) is 12.2 Å². The summed E-state index contributed by atoms with van der Waals surface area (Å²) in [5, 5.41) is 0. The molecule has 1 aliphatic rings. The molecule has 1 heterocycles. The fraction of sp³-hybridized carbons (Fsp3) is 0.692. The maximum Gasteiger partial charge on any atom is 0.333 e. The van der Waals surface area contributed by atoms with Crippen LogP contribution in [0.2, 0.25) is 0 Å². The second kappa shape index (κ2) is 17.9. The van der Waals surface area contributed by atoms with E-state index >= 15 is 0 Å². The van der Waals surface area contributed by atoms with E-state index in [-0.39, 0.29) is 25.7 Å². The molecule has 0 spiro atoms. The van der Waals surface area contributed by atoms with Gasteiger partial charge in [0.05, 0.1) is 7.11 Å². The van der Waals surface area contributed by atoms with Gasteiger partial charge in [0.15, 0.2) is 6.10 Å². The van der Waals surface area contributed by atoms with Crippen LogP contribution in [0, 0.1) is 0 Å². The fourth-order valence-electron chi connectivity index (χ4n) is 3.35. The van der Waals surface area contributed by atoms with Crippen molar-refractivity contribution in [2.24, 2.45) is 0 Å². The van der Waals surface area contributed by atoms with Gasteiger partial charge in [-0.05, 0) is 25.7 Å². The zero-order valence-electron chi connectivity index (χ0n) is 23.0. The van der Waals surface area contributed by atoms with Gasteiger partial charge in [-0.2, -0.15) is 0 Å². The van der Waals surface area contributed by atoms with Gasteiger partial charge in [0.1, 0.15) is 0 Å². The number of hydrogen-bond acceptors (Lipinski definition) is 13. The number of carbonyl (C=O) groups excluding carboxylic acids is 6. The summed E-state index contributed by atoms with van der Waals surface area (Å²) < 4.78 is 37.3. The van der Waals surface area contributed by atoms with Gasteiger partial charge in [0.2, 0.25) is 24.8 Å². The van der Waals surface area contributed by atoms with Gasteiger partial charge in [-0.15, -0.1) is 0 Å². The van der Waals surface area contributed by atoms with Crippen LogP contribution in [0.5, 0.6) is 0 Å². The minimum atomic E-state index is -1.78. The number of ether oxygens (including phenoxy) is 7. The van der Waals surface area contributed by atoms with Crippen LogP contribution in [0.25, 0.3) is 0 Å². The smallest absolute Gasteiger partial charge is 0.333 e. The summed E-state index contributed by atoms with van der Waals surface area (Å²) in [6, 6.07) is 0. The third-order valence-electron chi connectivity index (χ3n) is 5.11. The highest BCUT2D eigenvalue weighted by molar-refractivity contribution is 5.91. The predicted octanol–water partition coefficient (Wildman–Crippen LogP) is 2.42. The lowest BCUT2D eigenvalue weighted by atomic mass is 10.0. The van der Waals surface area contributed by atoms with Crippen molar-refractivity contribution < 1.29 is 61.9 Å². The van der Waals surface area contributed by atoms with Crippen LogP contribution in [0.3, 0.4) is 0 Å². The molecule has 0 N–H and O–H groups in total. The Balaban J connectivity index is 3.54. The highest BCUT2D eigenvalue weighted by Crippen LogP contribution is 2.31. The minimum Gasteiger partial charge on any atom is -0.466 e. The first-order valence-electron chi connectivity index (χ1n) is 13.0. The Morgan fingerprint density at radius 2 is 0.897 bits per heavy atom. The second-order valence-corrected chi connectivity index (χ2v) is 8.52. The quantitative estimate of drug-likeness (QED) is 0.163. The van der Waals surface area contributed by atoms with Crippen LogP contribution < -0.4 is 0 Å². The Kier molecular flexibility index (Phi) is 15.4. The van der Waals surface area contributed by atoms with Crippen molar-refractivity contribution in [2.75, 3.05) is 7.11 Å². The monoisotopic (exact) mass is 558 g/mol. The largest absolute Gasteiger partial charge is 0.466 e. The van der Waals surface area contributed by atoms with Gasteiger partial charge < -0.3 is 28.4 Å². The lowest BCUT2D eigenvalue weighted by Crippen LogP contribution is -2.63. The number of rotatable bonds is 15. The molecule has 0 aliphatic carbocycles. The first-order chi connectivity index (χ1) is 18.6. The normalized spacial score (nSPS) is 22.4. The van der Waals surface area contributed by atoms with Crippen LogP contribution >= 0.6 is 0 Å². The molecule has 1 fully saturated rings. The molecule has 1 aliphatic heterocycles. The summed E-state index contributed by atoms with van der Waals surface area (Å²) >= 11 is 0. The van der Waals surface area contributed by atoms with Crippen LogP contribution in [0.4, 0.5) is 0 Å². The highest BCUT2D eigenvalue weighted by Gasteiger charge is 2.55. The van der Waals surface area contributed by atoms with Crippen LogP contribution in [0.1, 0.15) is 79.1 Å². The number of carbonyl (C=O) groups is 6. The molecule has 0 aromatic heterocycles. The summed E-state index contributed by atoms with van der Waals surface area (Å²) in [6.45, 7) is 6.93. The lowest BCUT2D eigenvalue weighted by molar-refractivity contribution is -0.337. The van der Waals surface area contributed by atoms with Crippen molar-refractivity contribution in [3.63, 3.8) is 0 Å². The van der Waals surface area contributed by atoms with Crippen molar-refractivity contribution in [3.8, 4) is 0 Å². The van der Waals surface area contributed by atoms with Crippen LogP contribution in [-0.4, -0.2) is 73.8 Å². The van der Waals surface area contributed by atoms with Gasteiger partial charge in [-0.25, -0.2) is 9.59 Å². The van der Waals surface area contributed by atoms with Crippen molar-refractivity contribution >= 4 is 35.8 Å². The Labute approximate surface area is 227 Å². The van der Waals surface area contributed by atoms with Crippen molar-refractivity contribution in [2.45, 2.75) is 110 Å². The maximum atomic E-state index is 12.6. The van der Waals surface area contributed by atoms with Crippen molar-refractivity contribution in [1.82, 2.24) is 0 Å². The molecule has 0 unspecified atom stereocenters. The lowest BCUT2D eigenvalue weighted by Gasteiger charge is -2.43. The van der Waals surface area contributed by atoms with E-state index in [1.54, 1.807) is 27.7 Å². The van der Waals surface area contributed by atoms with Gasteiger partial charge in [-0.3, -0.25) is 23.9 Å². The average molecular weight is 559 g/mol. The molecular formula is C26H38O13. The SMILES string of the molecule is CCCC(=O)O[C@@H]1O[C@H](OC(=O)/C=C/C(=O)OC)[C@H](OC(=O)CCC)[C@@H](OC(=O)CCC)[C@H]1OC(=O)CCC. The number of hydrogen-bond donors (Lipinski definition) is 0. The first kappa shape index (κ1) is 33.5. The molecule has 1 saturated heterocycles. The molecule has 1 rings (SSSR count). The van der Waals surface area contributed by atoms with E-state index in [9.17, 15) is 28.8 Å². The van der Waals surface area contributed by atoms with Gasteiger partial charge in [0, 0.05) is 37.8 Å². The van der Waals surface area contributed by atoms with Gasteiger partial charge in [0.25, 0.3) is 0 Å². The fourth-order valence-corrected chi connectivity index (χ4v) is 3.35. The summed E-state index contributed by atoms with van der Waals surface area (Å²) in [5.74, 6) is -4.87. The van der Waals surface area contributed by atoms with E-state index in [4.69, 9.17) is 28.4 Å². The molecule has 0 amide bonds. The topological polar surface area (TPSA) is 167 Å². The van der Waals surface area contributed by atoms with E-state index in [0.717, 1.165) is 19.3 Å². The summed E-state index contributed by atoms with van der Waals surface area (Å²) in [7, 11) is 1.11. The molecule has 13 heteroatoms. The van der Waals surface area contributed by atoms with Gasteiger partial charge in [-0.1, -0.05) is 27.7 Å². The molecule has 0 aromatic carbocycles. The van der Waals surface area contributed by atoms with E-state index < -0.39 is 66.7 Å². The van der Waals surface area contributed by atoms with Gasteiger partial charge >= 0.3 is 35.8 Å². The molecule has 0 radical (unpaired) electrons. The van der Waals surface area contributed by atoms with Crippen molar-refractivity contribution in [1.29, 1.82) is 0 Å². The predicted molar refractivity (Wildman–Crippen MR) is 131 cm³/mol. The Morgan fingerprint density at radius 1 is 0.538 bits per heavy atom. The second-order valence-electron chi connectivity index (χ2n) is 8.52. The van der Waals surface area contributed by atoms with Crippen molar-refractivity contribution in [3.05, 3.63) is 12.2 Å². The molecular weight excluding hydrogens is 520 g/mol. The number of esters is 6. The molecule has 13 nitrogen and oxygen atoms in total. The van der Waals surface area contributed by atoms with E-state index in [1.165, 1.54) is 0 Å². The molecule has 0 saturated carbocycles. The zero-order chi connectivity index (χ0) is 29.4. The molecule has 5 atom stereocenters. The van der Waals surface area contributed by atoms with E-state index in [1.807, 2.05) is 0 Å². The standard InChI is InChI=1S/C26H38O13/c1-6-10-17(28)34-22-23(35-18(29)11-7-2)25(37-20(31)13-9-4)39-26(24(22)36-19(30)12-8-3)38-21(32)15-14-16(27)33-5/h14-15,22-26H,6-13H2,1-5H3/b15-14+/t22-,23+,24+,25+,26-/m0/s1. The summed E-state index contributed by atoms with van der Waals surface area (Å²) in [5.41, 5.74) is 0. The Morgan fingerprint density at radius 3 is 1.31 bits per heavy atom. The molecule has 0 bridgehead atoms. The average Bonchev–Trinajstić information content (AvgIpc) is 2.87. The highest BCUT2D eigenvalue weighted by atomic mass is 16.8. The zero-order valence-corrected chi connectivity index (χ0v) is 23.0. The summed E-state index contributed by atoms with van der Waals surface area (Å²) in [4.78, 5) is 73.8. The Bertz CT molecular complexity index is 881. The third kappa shape index (κ3) is 11.8. The third-order valence-corrected chi connectivity index (χ3v) is 5.11. The van der Waals surface area contributed by atoms with E-state index in [0.29, 0.717) is 25.7 Å². The summed E-state index contributed by atoms with van der Waals surface area (Å²) in [6.07, 6.45) is -5.10. The number of methoxy groups -OCH3 is 1. The first-order valence-corrected chi connectivity index (χ1v) is 13.0. The Hall–Kier alpha value is -3.48. The molecule has 39 heavy (non-hydrogen) atoms. The molecule has 220 valence electrons. The van der Waals surface area contributed by atoms with E-state index in [2.05, 4.69) is 4.74 Å². The van der Waals surface area contributed by atoms with Crippen LogP contribution in [-0.2, 0) is 61.9 Å². The minimum absolute atomic E-state index is 0.0151. The maximum absolute atomic E-state index is 12.6. The molecule has 0 aromatic rings.